The number of ether oxygens (including phenoxy) is 2. The van der Waals surface area contributed by atoms with Gasteiger partial charge in [0.2, 0.25) is 0 Å². The van der Waals surface area contributed by atoms with Gasteiger partial charge in [0.15, 0.2) is 11.5 Å². The number of aryl methyl sites for hydroxylation is 1. The lowest BCUT2D eigenvalue weighted by atomic mass is 10.1. The van der Waals surface area contributed by atoms with Gasteiger partial charge in [-0.15, -0.1) is 0 Å². The summed E-state index contributed by atoms with van der Waals surface area (Å²) in [5, 5.41) is 12.3. The first-order valence-electron chi connectivity index (χ1n) is 8.97. The van der Waals surface area contributed by atoms with Gasteiger partial charge in [0.05, 0.1) is 12.7 Å². The zero-order valence-corrected chi connectivity index (χ0v) is 15.9. The normalized spacial score (nSPS) is 10.4. The fraction of sp³-hybridized carbons (Fsp3) is 0.174. The van der Waals surface area contributed by atoms with Crippen LogP contribution < -0.4 is 14.8 Å². The van der Waals surface area contributed by atoms with Crippen LogP contribution in [-0.2, 0) is 13.2 Å². The van der Waals surface area contributed by atoms with Crippen LogP contribution in [-0.4, -0.2) is 18.2 Å². The van der Waals surface area contributed by atoms with Gasteiger partial charge in [-0.25, -0.2) is 4.79 Å². The minimum Gasteiger partial charge on any atom is -0.493 e. The highest BCUT2D eigenvalue weighted by Gasteiger charge is 2.07. The molecule has 0 atom stereocenters. The molecule has 3 aromatic rings. The highest BCUT2D eigenvalue weighted by Crippen LogP contribution is 2.29. The highest BCUT2D eigenvalue weighted by molar-refractivity contribution is 5.88. The van der Waals surface area contributed by atoms with E-state index in [0.29, 0.717) is 24.7 Å². The third-order valence-electron chi connectivity index (χ3n) is 4.35. The molecule has 144 valence electrons. The van der Waals surface area contributed by atoms with Crippen LogP contribution >= 0.6 is 0 Å². The molecule has 28 heavy (non-hydrogen) atoms. The first-order chi connectivity index (χ1) is 13.5. The molecule has 0 bridgehead atoms. The van der Waals surface area contributed by atoms with Crippen molar-refractivity contribution in [3.8, 4) is 11.5 Å². The van der Waals surface area contributed by atoms with E-state index in [1.807, 2.05) is 36.4 Å². The smallest absolute Gasteiger partial charge is 0.335 e. The van der Waals surface area contributed by atoms with Crippen LogP contribution in [0.4, 0.5) is 5.69 Å². The minimum atomic E-state index is -0.944. The Bertz CT molecular complexity index is 951. The quantitative estimate of drug-likeness (QED) is 0.585. The van der Waals surface area contributed by atoms with Crippen molar-refractivity contribution in [1.29, 1.82) is 0 Å². The summed E-state index contributed by atoms with van der Waals surface area (Å²) in [4.78, 5) is 11.1. The van der Waals surface area contributed by atoms with Gasteiger partial charge >= 0.3 is 5.97 Å². The van der Waals surface area contributed by atoms with E-state index in [2.05, 4.69) is 24.4 Å². The van der Waals surface area contributed by atoms with Gasteiger partial charge in [-0.1, -0.05) is 42.0 Å². The second-order valence-corrected chi connectivity index (χ2v) is 6.50. The maximum absolute atomic E-state index is 11.1. The number of rotatable bonds is 8. The summed E-state index contributed by atoms with van der Waals surface area (Å²) in [6.45, 7) is 3.06. The number of carboxylic acid groups (broad SMARTS) is 1. The molecule has 0 saturated heterocycles. The SMILES string of the molecule is COc1cc(CNc2cccc(C(=O)O)c2)ccc1OCc1ccc(C)cc1. The molecule has 3 aromatic carbocycles. The maximum Gasteiger partial charge on any atom is 0.335 e. The summed E-state index contributed by atoms with van der Waals surface area (Å²) in [6.07, 6.45) is 0. The predicted octanol–water partition coefficient (Wildman–Crippen LogP) is 4.89. The van der Waals surface area contributed by atoms with Crippen LogP contribution in [0, 0.1) is 6.92 Å². The Hall–Kier alpha value is -3.47. The van der Waals surface area contributed by atoms with E-state index in [1.54, 1.807) is 25.3 Å². The van der Waals surface area contributed by atoms with Crippen molar-refractivity contribution in [2.24, 2.45) is 0 Å². The van der Waals surface area contributed by atoms with Gasteiger partial charge in [-0.05, 0) is 48.4 Å². The molecule has 0 radical (unpaired) electrons. The van der Waals surface area contributed by atoms with Gasteiger partial charge < -0.3 is 19.9 Å². The van der Waals surface area contributed by atoms with E-state index in [9.17, 15) is 4.79 Å². The second kappa shape index (κ2) is 8.95. The number of methoxy groups -OCH3 is 1. The molecular formula is C23H23NO4. The van der Waals surface area contributed by atoms with Crippen molar-refractivity contribution in [1.82, 2.24) is 0 Å². The molecule has 0 aromatic heterocycles. The van der Waals surface area contributed by atoms with Crippen LogP contribution in [0.1, 0.15) is 27.0 Å². The molecule has 0 aliphatic rings. The van der Waals surface area contributed by atoms with Crippen LogP contribution in [0.25, 0.3) is 0 Å². The molecule has 0 fully saturated rings. The molecule has 5 nitrogen and oxygen atoms in total. The van der Waals surface area contributed by atoms with Gasteiger partial charge in [-0.2, -0.15) is 0 Å². The summed E-state index contributed by atoms with van der Waals surface area (Å²) < 4.78 is 11.4. The number of carbonyl (C=O) groups is 1. The summed E-state index contributed by atoms with van der Waals surface area (Å²) in [5.74, 6) is 0.394. The molecule has 2 N–H and O–H groups in total. The van der Waals surface area contributed by atoms with E-state index >= 15 is 0 Å². The van der Waals surface area contributed by atoms with Crippen molar-refractivity contribution < 1.29 is 19.4 Å². The van der Waals surface area contributed by atoms with Crippen LogP contribution in [0.3, 0.4) is 0 Å². The van der Waals surface area contributed by atoms with E-state index < -0.39 is 5.97 Å². The second-order valence-electron chi connectivity index (χ2n) is 6.50. The van der Waals surface area contributed by atoms with Crippen molar-refractivity contribution in [2.75, 3.05) is 12.4 Å². The van der Waals surface area contributed by atoms with Crippen molar-refractivity contribution in [2.45, 2.75) is 20.1 Å². The third kappa shape index (κ3) is 5.04. The van der Waals surface area contributed by atoms with Crippen LogP contribution in [0.15, 0.2) is 66.7 Å². The fourth-order valence-corrected chi connectivity index (χ4v) is 2.75. The van der Waals surface area contributed by atoms with Crippen molar-refractivity contribution in [3.63, 3.8) is 0 Å². The minimum absolute atomic E-state index is 0.252. The molecule has 0 aliphatic carbocycles. The standard InChI is InChI=1S/C23H23NO4/c1-16-6-8-17(9-7-16)15-28-21-11-10-18(12-22(21)27-2)14-24-20-5-3-4-19(13-20)23(25)26/h3-13,24H,14-15H2,1-2H3,(H,25,26). The summed E-state index contributed by atoms with van der Waals surface area (Å²) >= 11 is 0. The predicted molar refractivity (Wildman–Crippen MR) is 109 cm³/mol. The summed E-state index contributed by atoms with van der Waals surface area (Å²) in [6, 6.07) is 20.7. The molecular weight excluding hydrogens is 354 g/mol. The number of hydrogen-bond donors (Lipinski definition) is 2. The molecule has 0 aliphatic heterocycles. The van der Waals surface area contributed by atoms with Gasteiger partial charge in [0.1, 0.15) is 6.61 Å². The Morgan fingerprint density at radius 2 is 1.71 bits per heavy atom. The summed E-state index contributed by atoms with van der Waals surface area (Å²) in [5.41, 5.74) is 4.31. The number of benzene rings is 3. The Morgan fingerprint density at radius 3 is 2.43 bits per heavy atom. The van der Waals surface area contributed by atoms with Gasteiger partial charge in [0, 0.05) is 12.2 Å². The molecule has 0 saturated carbocycles. The molecule has 0 spiro atoms. The first-order valence-corrected chi connectivity index (χ1v) is 8.97. The average Bonchev–Trinajstić information content (AvgIpc) is 2.72. The number of aromatic carboxylic acids is 1. The Kier molecular flexibility index (Phi) is 6.17. The van der Waals surface area contributed by atoms with E-state index in [0.717, 1.165) is 16.8 Å². The molecule has 0 unspecified atom stereocenters. The van der Waals surface area contributed by atoms with Crippen molar-refractivity contribution in [3.05, 3.63) is 89.0 Å². The number of anilines is 1. The maximum atomic E-state index is 11.1. The Labute approximate surface area is 164 Å². The zero-order chi connectivity index (χ0) is 19.9. The molecule has 3 rings (SSSR count). The Balaban J connectivity index is 1.64. The van der Waals surface area contributed by atoms with E-state index in [1.165, 1.54) is 5.56 Å². The number of nitrogens with one attached hydrogen (secondary N) is 1. The fourth-order valence-electron chi connectivity index (χ4n) is 2.75. The highest BCUT2D eigenvalue weighted by atomic mass is 16.5. The summed E-state index contributed by atoms with van der Waals surface area (Å²) in [7, 11) is 1.61. The van der Waals surface area contributed by atoms with Crippen molar-refractivity contribution >= 4 is 11.7 Å². The Morgan fingerprint density at radius 1 is 0.964 bits per heavy atom. The van der Waals surface area contributed by atoms with Gasteiger partial charge in [0.25, 0.3) is 0 Å². The topological polar surface area (TPSA) is 67.8 Å². The van der Waals surface area contributed by atoms with E-state index in [-0.39, 0.29) is 5.56 Å². The third-order valence-corrected chi connectivity index (χ3v) is 4.35. The van der Waals surface area contributed by atoms with Crippen LogP contribution in [0.2, 0.25) is 0 Å². The number of carboxylic acids is 1. The van der Waals surface area contributed by atoms with E-state index in [4.69, 9.17) is 14.6 Å². The van der Waals surface area contributed by atoms with Gasteiger partial charge in [-0.3, -0.25) is 0 Å². The molecule has 0 amide bonds. The average molecular weight is 377 g/mol. The van der Waals surface area contributed by atoms with Crippen LogP contribution in [0.5, 0.6) is 11.5 Å². The molecule has 0 heterocycles. The monoisotopic (exact) mass is 377 g/mol. The first kappa shape index (κ1) is 19.3. The lowest BCUT2D eigenvalue weighted by Gasteiger charge is -2.13. The number of hydrogen-bond acceptors (Lipinski definition) is 4. The molecule has 5 heteroatoms. The largest absolute Gasteiger partial charge is 0.493 e. The lowest BCUT2D eigenvalue weighted by molar-refractivity contribution is 0.0697. The lowest BCUT2D eigenvalue weighted by Crippen LogP contribution is -2.03. The zero-order valence-electron chi connectivity index (χ0n) is 15.9.